The highest BCUT2D eigenvalue weighted by Crippen LogP contribution is 2.18. The number of aliphatic hydroxyl groups is 3. The summed E-state index contributed by atoms with van der Waals surface area (Å²) in [5, 5.41) is 30.4. The van der Waals surface area contributed by atoms with Crippen LogP contribution in [0.25, 0.3) is 0 Å². The van der Waals surface area contributed by atoms with E-state index in [2.05, 4.69) is 0 Å². The maximum absolute atomic E-state index is 11.6. The van der Waals surface area contributed by atoms with Crippen LogP contribution in [0.1, 0.15) is 24.5 Å². The summed E-state index contributed by atoms with van der Waals surface area (Å²) in [5.74, 6) is 0.0731. The summed E-state index contributed by atoms with van der Waals surface area (Å²) in [7, 11) is 0. The lowest BCUT2D eigenvalue weighted by molar-refractivity contribution is -0.129. The van der Waals surface area contributed by atoms with Crippen LogP contribution in [0.3, 0.4) is 0 Å². The zero-order valence-electron chi connectivity index (χ0n) is 13.6. The van der Waals surface area contributed by atoms with Crippen LogP contribution in [0, 0.1) is 0 Å². The molecule has 0 bridgehead atoms. The van der Waals surface area contributed by atoms with Gasteiger partial charge >= 0.3 is 0 Å². The van der Waals surface area contributed by atoms with Gasteiger partial charge in [0.2, 0.25) is 5.91 Å². The van der Waals surface area contributed by atoms with Crippen LogP contribution < -0.4 is 0 Å². The number of likely N-dealkylation sites (tertiary alicyclic amines) is 1. The molecule has 7 heteroatoms. The van der Waals surface area contributed by atoms with Crippen molar-refractivity contribution in [2.75, 3.05) is 39.3 Å². The Hall–Kier alpha value is -1.18. The third-order valence-electron chi connectivity index (χ3n) is 4.17. The summed E-state index contributed by atoms with van der Waals surface area (Å²) in [4.78, 5) is 15.1. The molecule has 3 N–H and O–H groups in total. The lowest BCUT2D eigenvalue weighted by Crippen LogP contribution is -2.43. The highest BCUT2D eigenvalue weighted by atomic mass is 35.5. The van der Waals surface area contributed by atoms with Crippen LogP contribution in [0.5, 0.6) is 0 Å². The van der Waals surface area contributed by atoms with E-state index in [1.54, 1.807) is 34.1 Å². The van der Waals surface area contributed by atoms with Gasteiger partial charge in [-0.1, -0.05) is 23.7 Å². The van der Waals surface area contributed by atoms with E-state index in [-0.39, 0.29) is 32.1 Å². The number of hydrogen-bond donors (Lipinski definition) is 3. The first-order chi connectivity index (χ1) is 11.5. The number of hydrogen-bond acceptors (Lipinski definition) is 5. The molecular formula is C17H25ClN2O4. The minimum absolute atomic E-state index is 0.0668. The molecule has 1 amide bonds. The predicted octanol–water partition coefficient (Wildman–Crippen LogP) is 0.651. The van der Waals surface area contributed by atoms with Crippen LogP contribution in [0.15, 0.2) is 24.3 Å². The molecule has 0 spiro atoms. The molecule has 24 heavy (non-hydrogen) atoms. The summed E-state index contributed by atoms with van der Waals surface area (Å²) < 4.78 is 0. The van der Waals surface area contributed by atoms with Crippen molar-refractivity contribution in [1.82, 2.24) is 9.80 Å². The Morgan fingerprint density at radius 1 is 1.21 bits per heavy atom. The smallest absolute Gasteiger partial charge is 0.222 e. The molecular weight excluding hydrogens is 332 g/mol. The van der Waals surface area contributed by atoms with Gasteiger partial charge in [-0.2, -0.15) is 0 Å². The van der Waals surface area contributed by atoms with E-state index in [1.807, 2.05) is 0 Å². The van der Waals surface area contributed by atoms with Crippen molar-refractivity contribution in [3.8, 4) is 0 Å². The molecule has 0 radical (unpaired) electrons. The second-order valence-electron chi connectivity index (χ2n) is 6.15. The van der Waals surface area contributed by atoms with Gasteiger partial charge in [0, 0.05) is 44.2 Å². The third-order valence-corrected chi connectivity index (χ3v) is 4.43. The summed E-state index contributed by atoms with van der Waals surface area (Å²) in [5.41, 5.74) is 0.728. The first-order valence-corrected chi connectivity index (χ1v) is 8.60. The molecule has 134 valence electrons. The van der Waals surface area contributed by atoms with Gasteiger partial charge in [0.15, 0.2) is 0 Å². The van der Waals surface area contributed by atoms with Crippen molar-refractivity contribution in [2.24, 2.45) is 0 Å². The van der Waals surface area contributed by atoms with E-state index in [0.717, 1.165) is 12.0 Å². The molecule has 0 aliphatic carbocycles. The Kier molecular flexibility index (Phi) is 7.45. The molecule has 1 unspecified atom stereocenters. The highest BCUT2D eigenvalue weighted by Gasteiger charge is 2.24. The van der Waals surface area contributed by atoms with Crippen LogP contribution in [-0.4, -0.2) is 76.5 Å². The molecule has 1 fully saturated rings. The molecule has 1 aliphatic rings. The number of nitrogens with zero attached hydrogens (tertiary/aromatic N) is 2. The summed E-state index contributed by atoms with van der Waals surface area (Å²) in [6.07, 6.45) is -0.0748. The van der Waals surface area contributed by atoms with E-state index in [9.17, 15) is 20.1 Å². The van der Waals surface area contributed by atoms with Crippen LogP contribution in [-0.2, 0) is 4.79 Å². The third kappa shape index (κ3) is 5.72. The Morgan fingerprint density at radius 3 is 2.50 bits per heavy atom. The first-order valence-electron chi connectivity index (χ1n) is 8.22. The second-order valence-corrected chi connectivity index (χ2v) is 6.58. The van der Waals surface area contributed by atoms with Crippen molar-refractivity contribution >= 4 is 17.5 Å². The van der Waals surface area contributed by atoms with Crippen LogP contribution in [0.4, 0.5) is 0 Å². The average molecular weight is 357 g/mol. The quantitative estimate of drug-likeness (QED) is 0.605. The van der Waals surface area contributed by atoms with Gasteiger partial charge in [-0.25, -0.2) is 0 Å². The summed E-state index contributed by atoms with van der Waals surface area (Å²) in [6, 6.07) is 6.93. The van der Waals surface area contributed by atoms with Crippen molar-refractivity contribution in [3.05, 3.63) is 34.9 Å². The Labute approximate surface area is 147 Å². The number of benzene rings is 1. The molecule has 1 aromatic rings. The molecule has 2 atom stereocenters. The van der Waals surface area contributed by atoms with Crippen molar-refractivity contribution in [1.29, 1.82) is 0 Å². The van der Waals surface area contributed by atoms with Gasteiger partial charge in [-0.15, -0.1) is 0 Å². The fraction of sp³-hybridized carbons (Fsp3) is 0.588. The maximum Gasteiger partial charge on any atom is 0.222 e. The van der Waals surface area contributed by atoms with Gasteiger partial charge in [-0.3, -0.25) is 9.69 Å². The molecule has 1 saturated heterocycles. The largest absolute Gasteiger partial charge is 0.395 e. The number of halogens is 1. The number of aliphatic hydroxyl groups excluding tert-OH is 3. The average Bonchev–Trinajstić information content (AvgIpc) is 2.93. The van der Waals surface area contributed by atoms with Gasteiger partial charge in [0.1, 0.15) is 0 Å². The van der Waals surface area contributed by atoms with E-state index in [1.165, 1.54) is 0 Å². The normalized spacial score (nSPS) is 17.5. The van der Waals surface area contributed by atoms with Crippen molar-refractivity contribution in [2.45, 2.75) is 25.0 Å². The van der Waals surface area contributed by atoms with E-state index in [4.69, 9.17) is 11.6 Å². The molecule has 1 heterocycles. The Bertz CT molecular complexity index is 526. The number of amides is 1. The highest BCUT2D eigenvalue weighted by molar-refractivity contribution is 6.30. The van der Waals surface area contributed by atoms with Gasteiger partial charge in [0.05, 0.1) is 18.8 Å². The summed E-state index contributed by atoms with van der Waals surface area (Å²) in [6.45, 7) is 1.82. The van der Waals surface area contributed by atoms with Crippen molar-refractivity contribution in [3.63, 3.8) is 0 Å². The topological polar surface area (TPSA) is 84.2 Å². The predicted molar refractivity (Wildman–Crippen MR) is 91.8 cm³/mol. The first kappa shape index (κ1) is 19.1. The lowest BCUT2D eigenvalue weighted by atomic mass is 10.1. The SMILES string of the molecule is O=C1CCCN1C[C@@H](O)CN(CCO)CC(O)c1ccc(Cl)cc1. The fourth-order valence-corrected chi connectivity index (χ4v) is 3.07. The Balaban J connectivity index is 1.88. The van der Waals surface area contributed by atoms with Gasteiger partial charge in [0.25, 0.3) is 0 Å². The van der Waals surface area contributed by atoms with Crippen LogP contribution >= 0.6 is 11.6 Å². The fourth-order valence-electron chi connectivity index (χ4n) is 2.94. The molecule has 2 rings (SSSR count). The van der Waals surface area contributed by atoms with E-state index >= 15 is 0 Å². The molecule has 0 aromatic heterocycles. The zero-order chi connectivity index (χ0) is 17.5. The number of rotatable bonds is 9. The molecule has 1 aliphatic heterocycles. The van der Waals surface area contributed by atoms with Gasteiger partial charge < -0.3 is 20.2 Å². The molecule has 1 aromatic carbocycles. The summed E-state index contributed by atoms with van der Waals surface area (Å²) >= 11 is 5.84. The molecule has 0 saturated carbocycles. The minimum Gasteiger partial charge on any atom is -0.395 e. The van der Waals surface area contributed by atoms with E-state index in [0.29, 0.717) is 24.5 Å². The Morgan fingerprint density at radius 2 is 1.92 bits per heavy atom. The second kappa shape index (κ2) is 9.34. The van der Waals surface area contributed by atoms with Gasteiger partial charge in [-0.05, 0) is 24.1 Å². The number of carbonyl (C=O) groups is 1. The minimum atomic E-state index is -0.741. The number of β-amino-alcohol motifs (C(OH)–C–C–N with tert-alkyl or cyclic N) is 1. The molecule has 6 nitrogen and oxygen atoms in total. The van der Waals surface area contributed by atoms with E-state index < -0.39 is 12.2 Å². The van der Waals surface area contributed by atoms with Crippen LogP contribution in [0.2, 0.25) is 5.02 Å². The standard InChI is InChI=1S/C17H25ClN2O4/c18-14-5-3-13(4-6-14)16(23)12-19(8-9-21)10-15(22)11-20-7-1-2-17(20)24/h3-6,15-16,21-23H,1-2,7-12H2/t15-,16?/m0/s1. The number of carbonyl (C=O) groups excluding carboxylic acids is 1. The lowest BCUT2D eigenvalue weighted by Gasteiger charge is -2.28. The van der Waals surface area contributed by atoms with Crippen molar-refractivity contribution < 1.29 is 20.1 Å². The zero-order valence-corrected chi connectivity index (χ0v) is 14.4. The maximum atomic E-state index is 11.6. The monoisotopic (exact) mass is 356 g/mol.